The van der Waals surface area contributed by atoms with Crippen LogP contribution >= 0.6 is 10.7 Å². The highest BCUT2D eigenvalue weighted by Crippen LogP contribution is 2.61. The zero-order valence-corrected chi connectivity index (χ0v) is 15.3. The van der Waals surface area contributed by atoms with E-state index >= 15 is 0 Å². The van der Waals surface area contributed by atoms with Gasteiger partial charge in [-0.05, 0) is 37.3 Å². The molecule has 26 heavy (non-hydrogen) atoms. The first kappa shape index (κ1) is 16.3. The van der Waals surface area contributed by atoms with E-state index in [2.05, 4.69) is 10.1 Å². The van der Waals surface area contributed by atoms with Crippen molar-refractivity contribution in [3.8, 4) is 11.4 Å². The van der Waals surface area contributed by atoms with Crippen LogP contribution in [0.25, 0.3) is 11.4 Å². The zero-order valence-electron chi connectivity index (χ0n) is 13.8. The number of benzene rings is 1. The van der Waals surface area contributed by atoms with E-state index in [1.807, 2.05) is 0 Å². The molecule has 1 aliphatic heterocycles. The van der Waals surface area contributed by atoms with Crippen LogP contribution in [0.4, 0.5) is 0 Å². The van der Waals surface area contributed by atoms with Crippen LogP contribution in [0, 0.1) is 24.7 Å². The molecule has 136 valence electrons. The van der Waals surface area contributed by atoms with Crippen molar-refractivity contribution in [1.82, 2.24) is 10.1 Å². The Morgan fingerprint density at radius 2 is 2.04 bits per heavy atom. The van der Waals surface area contributed by atoms with Gasteiger partial charge in [0, 0.05) is 22.2 Å². The summed E-state index contributed by atoms with van der Waals surface area (Å²) < 4.78 is 34.3. The molecular weight excluding hydrogens is 380 g/mol. The molecule has 0 amide bonds. The lowest BCUT2D eigenvalue weighted by molar-refractivity contribution is -0.143. The van der Waals surface area contributed by atoms with Crippen LogP contribution in [-0.2, 0) is 18.6 Å². The van der Waals surface area contributed by atoms with Gasteiger partial charge in [0.25, 0.3) is 9.05 Å². The van der Waals surface area contributed by atoms with Gasteiger partial charge in [-0.25, -0.2) is 8.42 Å². The van der Waals surface area contributed by atoms with E-state index < -0.39 is 9.05 Å². The number of rotatable bonds is 3. The van der Waals surface area contributed by atoms with Crippen molar-refractivity contribution in [3.05, 3.63) is 29.7 Å². The molecule has 7 nitrogen and oxygen atoms in total. The SMILES string of the molecule is Cc1ccc(-c2noc([C@@H]3[C@@H]4C[C@@H]5[C@@H]3C(=O)O[C@H]5C4)n2)cc1S(=O)(=O)Cl. The molecule has 1 saturated heterocycles. The molecule has 2 heterocycles. The number of carbonyl (C=O) groups is 1. The Hall–Kier alpha value is -1.93. The molecule has 1 aromatic heterocycles. The molecule has 9 heteroatoms. The van der Waals surface area contributed by atoms with E-state index in [0.717, 1.165) is 12.8 Å². The Morgan fingerprint density at radius 3 is 2.81 bits per heavy atom. The number of carbonyl (C=O) groups excluding carboxylic acids is 1. The highest BCUT2D eigenvalue weighted by molar-refractivity contribution is 8.13. The fourth-order valence-electron chi connectivity index (χ4n) is 4.83. The third kappa shape index (κ3) is 2.24. The Morgan fingerprint density at radius 1 is 1.23 bits per heavy atom. The molecule has 2 saturated carbocycles. The Kier molecular flexibility index (Phi) is 3.31. The van der Waals surface area contributed by atoms with Crippen molar-refractivity contribution >= 4 is 25.7 Å². The minimum absolute atomic E-state index is 0.0187. The van der Waals surface area contributed by atoms with Crippen molar-refractivity contribution in [2.45, 2.75) is 36.7 Å². The third-order valence-corrected chi connectivity index (χ3v) is 7.38. The van der Waals surface area contributed by atoms with Crippen molar-refractivity contribution in [2.24, 2.45) is 17.8 Å². The summed E-state index contributed by atoms with van der Waals surface area (Å²) in [7, 11) is 1.62. The molecule has 2 aromatic rings. The van der Waals surface area contributed by atoms with Gasteiger partial charge >= 0.3 is 5.97 Å². The van der Waals surface area contributed by atoms with E-state index in [0.29, 0.717) is 22.9 Å². The second-order valence-electron chi connectivity index (χ2n) is 7.30. The van der Waals surface area contributed by atoms with Crippen LogP contribution in [0.15, 0.2) is 27.6 Å². The molecule has 3 aliphatic rings. The second kappa shape index (κ2) is 5.29. The van der Waals surface area contributed by atoms with Gasteiger partial charge in [0.15, 0.2) is 0 Å². The molecule has 5 rings (SSSR count). The quantitative estimate of drug-likeness (QED) is 0.582. The average molecular weight is 395 g/mol. The van der Waals surface area contributed by atoms with Crippen LogP contribution in [-0.4, -0.2) is 30.6 Å². The first-order valence-electron chi connectivity index (χ1n) is 8.42. The summed E-state index contributed by atoms with van der Waals surface area (Å²) in [6, 6.07) is 4.81. The molecule has 0 unspecified atom stereocenters. The standard InChI is InChI=1S/C17H15ClN2O5S/c1-7-2-3-8(6-12(7)26(18,22)23)15-19-16(25-20-15)13-9-4-10-11(5-9)24-17(21)14(10)13/h2-3,6,9-11,13-14H,4-5H2,1H3/t9-,10+,11+,13-,14+/m1/s1. The minimum atomic E-state index is -3.87. The smallest absolute Gasteiger partial charge is 0.310 e. The monoisotopic (exact) mass is 394 g/mol. The highest BCUT2D eigenvalue weighted by Gasteiger charge is 2.63. The summed E-state index contributed by atoms with van der Waals surface area (Å²) in [6.07, 6.45) is 1.83. The molecule has 5 atom stereocenters. The summed E-state index contributed by atoms with van der Waals surface area (Å²) in [5, 5.41) is 4.00. The molecule has 0 spiro atoms. The number of hydrogen-bond donors (Lipinski definition) is 0. The molecule has 2 bridgehead atoms. The Bertz CT molecular complexity index is 1030. The summed E-state index contributed by atoms with van der Waals surface area (Å²) in [5.41, 5.74) is 1.04. The van der Waals surface area contributed by atoms with Crippen molar-refractivity contribution < 1.29 is 22.5 Å². The van der Waals surface area contributed by atoms with Crippen LogP contribution in [0.5, 0.6) is 0 Å². The topological polar surface area (TPSA) is 99.4 Å². The van der Waals surface area contributed by atoms with Gasteiger partial charge in [0.1, 0.15) is 6.10 Å². The summed E-state index contributed by atoms with van der Waals surface area (Å²) in [5.74, 6) is 0.776. The van der Waals surface area contributed by atoms with E-state index in [1.165, 1.54) is 6.07 Å². The zero-order chi connectivity index (χ0) is 18.2. The third-order valence-electron chi connectivity index (χ3n) is 5.92. The van der Waals surface area contributed by atoms with Gasteiger partial charge in [-0.2, -0.15) is 4.98 Å². The normalized spacial score (nSPS) is 32.2. The number of ether oxygens (including phenoxy) is 1. The van der Waals surface area contributed by atoms with Crippen LogP contribution < -0.4 is 0 Å². The molecule has 1 aromatic carbocycles. The van der Waals surface area contributed by atoms with Gasteiger partial charge in [0.2, 0.25) is 11.7 Å². The first-order valence-corrected chi connectivity index (χ1v) is 10.7. The van der Waals surface area contributed by atoms with E-state index in [-0.39, 0.29) is 40.5 Å². The maximum Gasteiger partial charge on any atom is 0.310 e. The highest BCUT2D eigenvalue weighted by atomic mass is 35.7. The van der Waals surface area contributed by atoms with E-state index in [9.17, 15) is 13.2 Å². The maximum absolute atomic E-state index is 12.2. The van der Waals surface area contributed by atoms with Gasteiger partial charge in [-0.1, -0.05) is 17.3 Å². The predicted octanol–water partition coefficient (Wildman–Crippen LogP) is 2.64. The minimum Gasteiger partial charge on any atom is -0.462 e. The lowest BCUT2D eigenvalue weighted by Crippen LogP contribution is -2.24. The van der Waals surface area contributed by atoms with Crippen molar-refractivity contribution in [2.75, 3.05) is 0 Å². The molecular formula is C17H15ClN2O5S. The summed E-state index contributed by atoms with van der Waals surface area (Å²) in [4.78, 5) is 16.6. The lowest BCUT2D eigenvalue weighted by atomic mass is 9.80. The summed E-state index contributed by atoms with van der Waals surface area (Å²) >= 11 is 0. The second-order valence-corrected chi connectivity index (χ2v) is 9.83. The predicted molar refractivity (Wildman–Crippen MR) is 89.8 cm³/mol. The fourth-order valence-corrected chi connectivity index (χ4v) is 6.05. The molecule has 3 fully saturated rings. The molecule has 2 aliphatic carbocycles. The largest absolute Gasteiger partial charge is 0.462 e. The van der Waals surface area contributed by atoms with Gasteiger partial charge in [-0.15, -0.1) is 0 Å². The Balaban J connectivity index is 1.51. The van der Waals surface area contributed by atoms with Crippen LogP contribution in [0.1, 0.15) is 30.2 Å². The van der Waals surface area contributed by atoms with Gasteiger partial charge in [-0.3, -0.25) is 4.79 Å². The fraction of sp³-hybridized carbons (Fsp3) is 0.471. The van der Waals surface area contributed by atoms with Gasteiger partial charge in [0.05, 0.1) is 16.7 Å². The molecule has 0 N–H and O–H groups in total. The number of esters is 1. The average Bonchev–Trinajstić information content (AvgIpc) is 3.29. The van der Waals surface area contributed by atoms with Crippen LogP contribution in [0.3, 0.4) is 0 Å². The molecule has 0 radical (unpaired) electrons. The number of fused-ring (bicyclic) bond motifs is 1. The number of nitrogens with zero attached hydrogens (tertiary/aromatic N) is 2. The number of hydrogen-bond acceptors (Lipinski definition) is 7. The first-order chi connectivity index (χ1) is 12.3. The lowest BCUT2D eigenvalue weighted by Gasteiger charge is -2.20. The maximum atomic E-state index is 12.2. The van der Waals surface area contributed by atoms with E-state index in [4.69, 9.17) is 19.9 Å². The number of aryl methyl sites for hydroxylation is 1. The van der Waals surface area contributed by atoms with Crippen LogP contribution in [0.2, 0.25) is 0 Å². The van der Waals surface area contributed by atoms with Crippen molar-refractivity contribution in [1.29, 1.82) is 0 Å². The number of aromatic nitrogens is 2. The van der Waals surface area contributed by atoms with E-state index in [1.54, 1.807) is 19.1 Å². The van der Waals surface area contributed by atoms with Crippen molar-refractivity contribution in [3.63, 3.8) is 0 Å². The Labute approximate surface area is 154 Å². The van der Waals surface area contributed by atoms with Gasteiger partial charge < -0.3 is 9.26 Å². The number of halogens is 1. The summed E-state index contributed by atoms with van der Waals surface area (Å²) in [6.45, 7) is 1.66.